The molecule has 1 rings (SSSR count). The Morgan fingerprint density at radius 1 is 1.67 bits per heavy atom. The Morgan fingerprint density at radius 3 is 2.67 bits per heavy atom. The normalized spacial score (nSPS) is 13.2. The SMILES string of the molecule is C=CC(=O)N(Cc1nocc1C)[C@H](C)C(F)(F)F. The molecule has 1 aromatic heterocycles. The van der Waals surface area contributed by atoms with E-state index in [1.807, 2.05) is 0 Å². The Labute approximate surface area is 102 Å². The molecule has 1 atom stereocenters. The summed E-state index contributed by atoms with van der Waals surface area (Å²) in [5.74, 6) is -0.803. The van der Waals surface area contributed by atoms with E-state index in [1.165, 1.54) is 6.26 Å². The fourth-order valence-electron chi connectivity index (χ4n) is 1.32. The molecule has 0 radical (unpaired) electrons. The van der Waals surface area contributed by atoms with Crippen molar-refractivity contribution in [3.05, 3.63) is 30.2 Å². The van der Waals surface area contributed by atoms with Gasteiger partial charge in [0.15, 0.2) is 0 Å². The highest BCUT2D eigenvalue weighted by molar-refractivity contribution is 5.87. The molecule has 0 aliphatic heterocycles. The summed E-state index contributed by atoms with van der Waals surface area (Å²) >= 11 is 0. The van der Waals surface area contributed by atoms with Gasteiger partial charge in [0.05, 0.1) is 6.54 Å². The van der Waals surface area contributed by atoms with E-state index in [4.69, 9.17) is 0 Å². The number of halogens is 3. The van der Waals surface area contributed by atoms with Crippen molar-refractivity contribution < 1.29 is 22.5 Å². The van der Waals surface area contributed by atoms with E-state index in [2.05, 4.69) is 16.3 Å². The average molecular weight is 262 g/mol. The fourth-order valence-corrected chi connectivity index (χ4v) is 1.32. The van der Waals surface area contributed by atoms with Crippen LogP contribution in [0.3, 0.4) is 0 Å². The molecule has 1 heterocycles. The van der Waals surface area contributed by atoms with Crippen molar-refractivity contribution in [1.29, 1.82) is 0 Å². The van der Waals surface area contributed by atoms with Gasteiger partial charge in [0.1, 0.15) is 18.0 Å². The summed E-state index contributed by atoms with van der Waals surface area (Å²) in [6, 6.07) is -1.92. The Bertz CT molecular complexity index is 440. The average Bonchev–Trinajstić information content (AvgIpc) is 2.68. The van der Waals surface area contributed by atoms with Gasteiger partial charge in [0, 0.05) is 5.56 Å². The molecule has 0 bridgehead atoms. The monoisotopic (exact) mass is 262 g/mol. The van der Waals surface area contributed by atoms with Crippen LogP contribution in [0.2, 0.25) is 0 Å². The van der Waals surface area contributed by atoms with Crippen LogP contribution in [-0.2, 0) is 11.3 Å². The van der Waals surface area contributed by atoms with Gasteiger partial charge in [-0.1, -0.05) is 11.7 Å². The van der Waals surface area contributed by atoms with Crippen LogP contribution >= 0.6 is 0 Å². The molecule has 0 N–H and O–H groups in total. The van der Waals surface area contributed by atoms with Crippen LogP contribution in [0.15, 0.2) is 23.4 Å². The number of carbonyl (C=O) groups excluding carboxylic acids is 1. The molecule has 0 saturated carbocycles. The van der Waals surface area contributed by atoms with Crippen molar-refractivity contribution in [2.45, 2.75) is 32.6 Å². The Morgan fingerprint density at radius 2 is 2.28 bits per heavy atom. The molecule has 7 heteroatoms. The summed E-state index contributed by atoms with van der Waals surface area (Å²) in [7, 11) is 0. The van der Waals surface area contributed by atoms with Crippen molar-refractivity contribution in [1.82, 2.24) is 10.1 Å². The molecule has 1 aromatic rings. The lowest BCUT2D eigenvalue weighted by Gasteiger charge is -2.29. The Kier molecular flexibility index (Phi) is 4.15. The van der Waals surface area contributed by atoms with Crippen molar-refractivity contribution in [3.8, 4) is 0 Å². The largest absolute Gasteiger partial charge is 0.408 e. The third kappa shape index (κ3) is 3.12. The minimum absolute atomic E-state index is 0.270. The number of alkyl halides is 3. The summed E-state index contributed by atoms with van der Waals surface area (Å²) in [4.78, 5) is 12.1. The molecule has 4 nitrogen and oxygen atoms in total. The molecule has 0 aliphatic rings. The van der Waals surface area contributed by atoms with Crippen LogP contribution in [-0.4, -0.2) is 28.2 Å². The first-order valence-electron chi connectivity index (χ1n) is 5.17. The Hall–Kier alpha value is -1.79. The van der Waals surface area contributed by atoms with Gasteiger partial charge in [-0.05, 0) is 19.9 Å². The number of hydrogen-bond donors (Lipinski definition) is 0. The lowest BCUT2D eigenvalue weighted by Crippen LogP contribution is -2.46. The summed E-state index contributed by atoms with van der Waals surface area (Å²) < 4.78 is 42.6. The van der Waals surface area contributed by atoms with Crippen LogP contribution < -0.4 is 0 Å². The van der Waals surface area contributed by atoms with Crippen LogP contribution in [0.4, 0.5) is 13.2 Å². The third-order valence-electron chi connectivity index (χ3n) is 2.57. The molecule has 18 heavy (non-hydrogen) atoms. The maximum absolute atomic E-state index is 12.7. The highest BCUT2D eigenvalue weighted by Gasteiger charge is 2.41. The number of rotatable bonds is 4. The summed E-state index contributed by atoms with van der Waals surface area (Å²) in [5.41, 5.74) is 0.882. The van der Waals surface area contributed by atoms with Gasteiger partial charge in [-0.25, -0.2) is 0 Å². The molecular formula is C11H13F3N2O2. The molecular weight excluding hydrogens is 249 g/mol. The van der Waals surface area contributed by atoms with Gasteiger partial charge in [-0.3, -0.25) is 4.79 Å². The van der Waals surface area contributed by atoms with Gasteiger partial charge < -0.3 is 9.42 Å². The molecule has 0 saturated heterocycles. The number of aryl methyl sites for hydroxylation is 1. The zero-order valence-corrected chi connectivity index (χ0v) is 9.99. The minimum Gasteiger partial charge on any atom is -0.364 e. The van der Waals surface area contributed by atoms with Crippen molar-refractivity contribution in [3.63, 3.8) is 0 Å². The van der Waals surface area contributed by atoms with Crippen molar-refractivity contribution in [2.75, 3.05) is 0 Å². The standard InChI is InChI=1S/C11H13F3N2O2/c1-4-10(17)16(8(3)11(12,13)14)5-9-7(2)6-18-15-9/h4,6,8H,1,5H2,2-3H3/t8-/m1/s1. The summed E-state index contributed by atoms with van der Waals surface area (Å²) in [6.45, 7) is 5.48. The molecule has 0 aromatic carbocycles. The topological polar surface area (TPSA) is 46.3 Å². The van der Waals surface area contributed by atoms with Crippen LogP contribution in [0, 0.1) is 6.92 Å². The summed E-state index contributed by atoms with van der Waals surface area (Å²) in [6.07, 6.45) is -2.35. The molecule has 0 aliphatic carbocycles. The second kappa shape index (κ2) is 5.24. The van der Waals surface area contributed by atoms with Gasteiger partial charge in [0.2, 0.25) is 5.91 Å². The predicted octanol–water partition coefficient (Wildman–Crippen LogP) is 2.45. The molecule has 0 fully saturated rings. The van der Waals surface area contributed by atoms with E-state index in [-0.39, 0.29) is 6.54 Å². The predicted molar refractivity (Wildman–Crippen MR) is 57.5 cm³/mol. The number of nitrogens with zero attached hydrogens (tertiary/aromatic N) is 2. The molecule has 0 spiro atoms. The zero-order valence-electron chi connectivity index (χ0n) is 9.99. The van der Waals surface area contributed by atoms with Crippen LogP contribution in [0.5, 0.6) is 0 Å². The first-order valence-corrected chi connectivity index (χ1v) is 5.17. The van der Waals surface area contributed by atoms with Gasteiger partial charge >= 0.3 is 6.18 Å². The molecule has 0 unspecified atom stereocenters. The maximum atomic E-state index is 12.7. The highest BCUT2D eigenvalue weighted by Crippen LogP contribution is 2.26. The lowest BCUT2D eigenvalue weighted by atomic mass is 10.2. The van der Waals surface area contributed by atoms with Crippen LogP contribution in [0.25, 0.3) is 0 Å². The van der Waals surface area contributed by atoms with E-state index in [1.54, 1.807) is 6.92 Å². The van der Waals surface area contributed by atoms with Gasteiger partial charge in [0.25, 0.3) is 0 Å². The Balaban J connectivity index is 2.96. The minimum atomic E-state index is -4.50. The second-order valence-electron chi connectivity index (χ2n) is 3.83. The van der Waals surface area contributed by atoms with Crippen LogP contribution in [0.1, 0.15) is 18.2 Å². The number of carbonyl (C=O) groups is 1. The van der Waals surface area contributed by atoms with E-state index in [0.29, 0.717) is 16.2 Å². The van der Waals surface area contributed by atoms with Gasteiger partial charge in [-0.2, -0.15) is 13.2 Å². The second-order valence-corrected chi connectivity index (χ2v) is 3.83. The van der Waals surface area contributed by atoms with E-state index in [0.717, 1.165) is 13.0 Å². The number of hydrogen-bond acceptors (Lipinski definition) is 3. The van der Waals surface area contributed by atoms with Gasteiger partial charge in [-0.15, -0.1) is 0 Å². The molecule has 1 amide bonds. The zero-order chi connectivity index (χ0) is 13.9. The van der Waals surface area contributed by atoms with Crippen molar-refractivity contribution in [2.24, 2.45) is 0 Å². The molecule has 100 valence electrons. The van der Waals surface area contributed by atoms with E-state index in [9.17, 15) is 18.0 Å². The third-order valence-corrected chi connectivity index (χ3v) is 2.57. The highest BCUT2D eigenvalue weighted by atomic mass is 19.4. The number of amides is 1. The first-order chi connectivity index (χ1) is 8.27. The smallest absolute Gasteiger partial charge is 0.364 e. The number of aromatic nitrogens is 1. The first kappa shape index (κ1) is 14.3. The maximum Gasteiger partial charge on any atom is 0.408 e. The summed E-state index contributed by atoms with van der Waals surface area (Å²) in [5, 5.41) is 3.57. The van der Waals surface area contributed by atoms with Crippen molar-refractivity contribution >= 4 is 5.91 Å². The van der Waals surface area contributed by atoms with E-state index < -0.39 is 18.1 Å². The lowest BCUT2D eigenvalue weighted by molar-refractivity contribution is -0.185. The quantitative estimate of drug-likeness (QED) is 0.783. The van der Waals surface area contributed by atoms with E-state index >= 15 is 0 Å². The fraction of sp³-hybridized carbons (Fsp3) is 0.455.